The topological polar surface area (TPSA) is 53.6 Å². The normalized spacial score (nSPS) is 12.7. The van der Waals surface area contributed by atoms with Crippen molar-refractivity contribution in [2.45, 2.75) is 19.5 Å². The lowest BCUT2D eigenvalue weighted by Gasteiger charge is -2.13. The van der Waals surface area contributed by atoms with Gasteiger partial charge in [0.15, 0.2) is 0 Å². The Kier molecular flexibility index (Phi) is 3.25. The van der Waals surface area contributed by atoms with Crippen LogP contribution in [0.15, 0.2) is 48.9 Å². The molecule has 0 aliphatic rings. The summed E-state index contributed by atoms with van der Waals surface area (Å²) < 4.78 is 0. The van der Waals surface area contributed by atoms with Gasteiger partial charge in [-0.15, -0.1) is 0 Å². The molecular weight excluding hydrogens is 236 g/mol. The molecule has 0 aliphatic heterocycles. The van der Waals surface area contributed by atoms with Crippen molar-refractivity contribution in [2.75, 3.05) is 0 Å². The molecule has 0 spiro atoms. The van der Waals surface area contributed by atoms with Crippen molar-refractivity contribution in [1.29, 1.82) is 0 Å². The molecule has 0 fully saturated rings. The number of nitrogens with one attached hydrogen (secondary N) is 2. The van der Waals surface area contributed by atoms with Crippen LogP contribution in [-0.2, 0) is 6.54 Å². The number of aromatic nitrogens is 3. The van der Waals surface area contributed by atoms with Crippen molar-refractivity contribution in [2.24, 2.45) is 0 Å². The van der Waals surface area contributed by atoms with Gasteiger partial charge in [0, 0.05) is 35.9 Å². The van der Waals surface area contributed by atoms with Gasteiger partial charge in [-0.2, -0.15) is 5.10 Å². The minimum atomic E-state index is 0.269. The molecule has 4 heteroatoms. The van der Waals surface area contributed by atoms with Crippen LogP contribution in [0, 0.1) is 0 Å². The first-order valence-corrected chi connectivity index (χ1v) is 6.39. The number of para-hydroxylation sites is 1. The van der Waals surface area contributed by atoms with Crippen LogP contribution in [0.3, 0.4) is 0 Å². The predicted molar refractivity (Wildman–Crippen MR) is 75.6 cm³/mol. The molecule has 3 aromatic rings. The summed E-state index contributed by atoms with van der Waals surface area (Å²) >= 11 is 0. The monoisotopic (exact) mass is 252 g/mol. The van der Waals surface area contributed by atoms with Gasteiger partial charge >= 0.3 is 0 Å². The Hall–Kier alpha value is -2.20. The van der Waals surface area contributed by atoms with Crippen LogP contribution in [0.25, 0.3) is 10.9 Å². The Morgan fingerprint density at radius 3 is 3.00 bits per heavy atom. The predicted octanol–water partition coefficient (Wildman–Crippen LogP) is 2.81. The lowest BCUT2D eigenvalue weighted by atomic mass is 10.1. The maximum absolute atomic E-state index is 4.38. The van der Waals surface area contributed by atoms with Crippen molar-refractivity contribution in [3.8, 4) is 0 Å². The second-order valence-electron chi connectivity index (χ2n) is 4.62. The standard InChI is InChI=1S/C15H16N4/c1-11(13-9-18-19-10-13)17-8-12-6-7-16-15-5-3-2-4-14(12)15/h2-7,9-11,17H,8H2,1H3,(H,18,19). The lowest BCUT2D eigenvalue weighted by molar-refractivity contribution is 0.576. The molecule has 2 N–H and O–H groups in total. The molecule has 0 saturated heterocycles. The number of H-pyrrole nitrogens is 1. The Bertz CT molecular complexity index is 655. The molecule has 96 valence electrons. The molecule has 0 saturated carbocycles. The average molecular weight is 252 g/mol. The first kappa shape index (κ1) is 11.9. The summed E-state index contributed by atoms with van der Waals surface area (Å²) in [5.74, 6) is 0. The first-order chi connectivity index (χ1) is 9.34. The summed E-state index contributed by atoms with van der Waals surface area (Å²) in [5, 5.41) is 11.5. The summed E-state index contributed by atoms with van der Waals surface area (Å²) in [6, 6.07) is 10.6. The molecule has 3 rings (SSSR count). The van der Waals surface area contributed by atoms with Crippen molar-refractivity contribution in [1.82, 2.24) is 20.5 Å². The second kappa shape index (κ2) is 5.20. The van der Waals surface area contributed by atoms with Gasteiger partial charge in [-0.25, -0.2) is 0 Å². The summed E-state index contributed by atoms with van der Waals surface area (Å²) in [7, 11) is 0. The Morgan fingerprint density at radius 1 is 1.26 bits per heavy atom. The minimum absolute atomic E-state index is 0.269. The SMILES string of the molecule is CC(NCc1ccnc2ccccc12)c1cn[nH]c1. The Balaban J connectivity index is 1.79. The van der Waals surface area contributed by atoms with E-state index in [4.69, 9.17) is 0 Å². The molecule has 2 heterocycles. The molecule has 0 amide bonds. The number of pyridine rings is 1. The molecule has 1 unspecified atom stereocenters. The molecule has 0 radical (unpaired) electrons. The fourth-order valence-electron chi connectivity index (χ4n) is 2.19. The van der Waals surface area contributed by atoms with Gasteiger partial charge in [-0.1, -0.05) is 18.2 Å². The quantitative estimate of drug-likeness (QED) is 0.750. The van der Waals surface area contributed by atoms with E-state index in [1.54, 1.807) is 0 Å². The van der Waals surface area contributed by atoms with Crippen molar-refractivity contribution < 1.29 is 0 Å². The highest BCUT2D eigenvalue weighted by Gasteiger charge is 2.07. The molecule has 2 aromatic heterocycles. The van der Waals surface area contributed by atoms with Gasteiger partial charge in [0.05, 0.1) is 11.7 Å². The highest BCUT2D eigenvalue weighted by Crippen LogP contribution is 2.17. The maximum Gasteiger partial charge on any atom is 0.0705 e. The van der Waals surface area contributed by atoms with Crippen LogP contribution in [0.1, 0.15) is 24.1 Å². The van der Waals surface area contributed by atoms with Crippen LogP contribution in [0.4, 0.5) is 0 Å². The second-order valence-corrected chi connectivity index (χ2v) is 4.62. The highest BCUT2D eigenvalue weighted by molar-refractivity contribution is 5.81. The number of aromatic amines is 1. The fourth-order valence-corrected chi connectivity index (χ4v) is 2.19. The molecular formula is C15H16N4. The van der Waals surface area contributed by atoms with Gasteiger partial charge in [0.2, 0.25) is 0 Å². The summed E-state index contributed by atoms with van der Waals surface area (Å²) in [5.41, 5.74) is 3.47. The van der Waals surface area contributed by atoms with E-state index in [1.165, 1.54) is 16.5 Å². The zero-order valence-electron chi connectivity index (χ0n) is 10.8. The van der Waals surface area contributed by atoms with Crippen LogP contribution in [-0.4, -0.2) is 15.2 Å². The van der Waals surface area contributed by atoms with Crippen LogP contribution >= 0.6 is 0 Å². The number of benzene rings is 1. The van der Waals surface area contributed by atoms with Gasteiger partial charge in [0.25, 0.3) is 0 Å². The first-order valence-electron chi connectivity index (χ1n) is 6.39. The Labute approximate surface area is 111 Å². The smallest absolute Gasteiger partial charge is 0.0705 e. The van der Waals surface area contributed by atoms with E-state index < -0.39 is 0 Å². The number of nitrogens with zero attached hydrogens (tertiary/aromatic N) is 2. The van der Waals surface area contributed by atoms with Gasteiger partial charge < -0.3 is 5.32 Å². The van der Waals surface area contributed by atoms with E-state index in [0.29, 0.717) is 0 Å². The van der Waals surface area contributed by atoms with Gasteiger partial charge in [0.1, 0.15) is 0 Å². The maximum atomic E-state index is 4.38. The number of hydrogen-bond acceptors (Lipinski definition) is 3. The number of hydrogen-bond donors (Lipinski definition) is 2. The van der Waals surface area contributed by atoms with E-state index in [2.05, 4.69) is 39.6 Å². The zero-order chi connectivity index (χ0) is 13.1. The molecule has 1 aromatic carbocycles. The van der Waals surface area contributed by atoms with Crippen LogP contribution in [0.2, 0.25) is 0 Å². The average Bonchev–Trinajstić information content (AvgIpc) is 2.99. The fraction of sp³-hybridized carbons (Fsp3) is 0.200. The van der Waals surface area contributed by atoms with E-state index in [0.717, 1.165) is 12.1 Å². The molecule has 1 atom stereocenters. The summed E-state index contributed by atoms with van der Waals surface area (Å²) in [4.78, 5) is 4.38. The van der Waals surface area contributed by atoms with Crippen LogP contribution < -0.4 is 5.32 Å². The van der Waals surface area contributed by atoms with Crippen molar-refractivity contribution in [3.63, 3.8) is 0 Å². The van der Waals surface area contributed by atoms with E-state index in [1.807, 2.05) is 36.8 Å². The lowest BCUT2D eigenvalue weighted by Crippen LogP contribution is -2.17. The third kappa shape index (κ3) is 2.48. The van der Waals surface area contributed by atoms with E-state index in [9.17, 15) is 0 Å². The summed E-state index contributed by atoms with van der Waals surface area (Å²) in [6.07, 6.45) is 5.63. The zero-order valence-corrected chi connectivity index (χ0v) is 10.8. The number of rotatable bonds is 4. The molecule has 4 nitrogen and oxygen atoms in total. The molecule has 0 aliphatic carbocycles. The van der Waals surface area contributed by atoms with Crippen LogP contribution in [0.5, 0.6) is 0 Å². The third-order valence-corrected chi connectivity index (χ3v) is 3.36. The Morgan fingerprint density at radius 2 is 2.16 bits per heavy atom. The minimum Gasteiger partial charge on any atom is -0.306 e. The van der Waals surface area contributed by atoms with E-state index >= 15 is 0 Å². The highest BCUT2D eigenvalue weighted by atomic mass is 15.1. The van der Waals surface area contributed by atoms with Crippen molar-refractivity contribution >= 4 is 10.9 Å². The molecule has 0 bridgehead atoms. The number of fused-ring (bicyclic) bond motifs is 1. The summed E-state index contributed by atoms with van der Waals surface area (Å²) in [6.45, 7) is 2.95. The van der Waals surface area contributed by atoms with E-state index in [-0.39, 0.29) is 6.04 Å². The largest absolute Gasteiger partial charge is 0.306 e. The van der Waals surface area contributed by atoms with Gasteiger partial charge in [-0.3, -0.25) is 10.1 Å². The molecule has 19 heavy (non-hydrogen) atoms. The van der Waals surface area contributed by atoms with Gasteiger partial charge in [-0.05, 0) is 24.6 Å². The third-order valence-electron chi connectivity index (χ3n) is 3.36. The van der Waals surface area contributed by atoms with Crippen molar-refractivity contribution in [3.05, 3.63) is 60.0 Å².